The van der Waals surface area contributed by atoms with Gasteiger partial charge in [0.25, 0.3) is 0 Å². The molecule has 0 aromatic carbocycles. The third kappa shape index (κ3) is 3.11. The molecule has 0 bridgehead atoms. The Kier molecular flexibility index (Phi) is 4.38. The van der Waals surface area contributed by atoms with E-state index in [9.17, 15) is 4.79 Å². The SMILES string of the molecule is C=CC(=O)N1CC(n2nc(C=CC3CCCCC3)c3cccnc32)C1. The lowest BCUT2D eigenvalue weighted by atomic mass is 9.89. The molecule has 2 aromatic rings. The third-order valence-electron chi connectivity index (χ3n) is 5.37. The molecule has 0 spiro atoms. The van der Waals surface area contributed by atoms with Gasteiger partial charge in [0.15, 0.2) is 5.65 Å². The van der Waals surface area contributed by atoms with Crippen molar-refractivity contribution in [3.05, 3.63) is 42.8 Å². The van der Waals surface area contributed by atoms with E-state index in [1.54, 1.807) is 11.1 Å². The lowest BCUT2D eigenvalue weighted by Gasteiger charge is -2.38. The summed E-state index contributed by atoms with van der Waals surface area (Å²) in [5.41, 5.74) is 1.89. The highest BCUT2D eigenvalue weighted by Crippen LogP contribution is 2.29. The van der Waals surface area contributed by atoms with Crippen LogP contribution >= 0.6 is 0 Å². The van der Waals surface area contributed by atoms with Gasteiger partial charge in [-0.2, -0.15) is 5.10 Å². The molecule has 0 radical (unpaired) electrons. The van der Waals surface area contributed by atoms with Crippen LogP contribution in [0.4, 0.5) is 0 Å². The minimum absolute atomic E-state index is 0.0157. The summed E-state index contributed by atoms with van der Waals surface area (Å²) in [4.78, 5) is 18.0. The molecule has 5 nitrogen and oxygen atoms in total. The number of hydrogen-bond donors (Lipinski definition) is 0. The topological polar surface area (TPSA) is 51.0 Å². The van der Waals surface area contributed by atoms with E-state index >= 15 is 0 Å². The predicted octanol–water partition coefficient (Wildman–Crippen LogP) is 3.59. The summed E-state index contributed by atoms with van der Waals surface area (Å²) in [5, 5.41) is 5.91. The normalized spacial score (nSPS) is 19.4. The summed E-state index contributed by atoms with van der Waals surface area (Å²) in [6, 6.07) is 4.23. The summed E-state index contributed by atoms with van der Waals surface area (Å²) < 4.78 is 1.99. The quantitative estimate of drug-likeness (QED) is 0.802. The van der Waals surface area contributed by atoms with Crippen molar-refractivity contribution in [2.24, 2.45) is 5.92 Å². The standard InChI is InChI=1S/C20H24N4O/c1-2-19(25)23-13-16(14-23)24-20-17(9-6-12-21-20)18(22-24)11-10-15-7-4-3-5-8-15/h2,6,9-12,15-16H,1,3-5,7-8,13-14H2. The monoisotopic (exact) mass is 336 g/mol. The Bertz CT molecular complexity index is 810. The fraction of sp³-hybridized carbons (Fsp3) is 0.450. The van der Waals surface area contributed by atoms with Crippen molar-refractivity contribution < 1.29 is 4.79 Å². The second-order valence-corrected chi connectivity index (χ2v) is 7.06. The van der Waals surface area contributed by atoms with Crippen LogP contribution in [-0.2, 0) is 4.79 Å². The average Bonchev–Trinajstić information content (AvgIpc) is 2.98. The van der Waals surface area contributed by atoms with E-state index in [2.05, 4.69) is 29.8 Å². The van der Waals surface area contributed by atoms with Crippen molar-refractivity contribution in [2.75, 3.05) is 13.1 Å². The lowest BCUT2D eigenvalue weighted by Crippen LogP contribution is -2.50. The largest absolute Gasteiger partial charge is 0.335 e. The zero-order valence-corrected chi connectivity index (χ0v) is 14.5. The second-order valence-electron chi connectivity index (χ2n) is 7.06. The van der Waals surface area contributed by atoms with E-state index in [4.69, 9.17) is 5.10 Å². The fourth-order valence-corrected chi connectivity index (χ4v) is 3.85. The third-order valence-corrected chi connectivity index (χ3v) is 5.37. The maximum atomic E-state index is 11.7. The molecular formula is C20H24N4O. The first-order valence-electron chi connectivity index (χ1n) is 9.19. The summed E-state index contributed by atoms with van der Waals surface area (Å²) in [6.07, 6.45) is 14.3. The van der Waals surface area contributed by atoms with E-state index in [-0.39, 0.29) is 11.9 Å². The van der Waals surface area contributed by atoms with Crippen LogP contribution in [-0.4, -0.2) is 38.7 Å². The van der Waals surface area contributed by atoms with Crippen LogP contribution in [0, 0.1) is 5.92 Å². The van der Waals surface area contributed by atoms with E-state index in [0.29, 0.717) is 19.0 Å². The molecule has 1 amide bonds. The Labute approximate surface area is 148 Å². The van der Waals surface area contributed by atoms with E-state index in [0.717, 1.165) is 16.7 Å². The number of aromatic nitrogens is 3. The zero-order chi connectivity index (χ0) is 17.2. The Hall–Kier alpha value is -2.43. The molecule has 25 heavy (non-hydrogen) atoms. The minimum Gasteiger partial charge on any atom is -0.335 e. The summed E-state index contributed by atoms with van der Waals surface area (Å²) >= 11 is 0. The maximum Gasteiger partial charge on any atom is 0.246 e. The molecule has 1 aliphatic carbocycles. The van der Waals surface area contributed by atoms with Gasteiger partial charge in [-0.1, -0.05) is 31.9 Å². The number of allylic oxidation sites excluding steroid dienone is 1. The molecule has 1 aliphatic heterocycles. The number of carbonyl (C=O) groups excluding carboxylic acids is 1. The van der Waals surface area contributed by atoms with Crippen molar-refractivity contribution >= 4 is 23.0 Å². The Morgan fingerprint density at radius 1 is 1.24 bits per heavy atom. The lowest BCUT2D eigenvalue weighted by molar-refractivity contribution is -0.131. The number of amides is 1. The first-order valence-corrected chi connectivity index (χ1v) is 9.19. The van der Waals surface area contributed by atoms with Crippen LogP contribution in [0.1, 0.15) is 43.8 Å². The Morgan fingerprint density at radius 2 is 2.04 bits per heavy atom. The van der Waals surface area contributed by atoms with Crippen molar-refractivity contribution in [2.45, 2.75) is 38.1 Å². The number of pyridine rings is 1. The van der Waals surface area contributed by atoms with Crippen molar-refractivity contribution in [1.29, 1.82) is 0 Å². The molecule has 3 heterocycles. The molecule has 2 fully saturated rings. The number of nitrogens with zero attached hydrogens (tertiary/aromatic N) is 4. The molecular weight excluding hydrogens is 312 g/mol. The highest BCUT2D eigenvalue weighted by atomic mass is 16.2. The Balaban J connectivity index is 1.58. The summed E-state index contributed by atoms with van der Waals surface area (Å²) in [6.45, 7) is 4.89. The number of fused-ring (bicyclic) bond motifs is 1. The van der Waals surface area contributed by atoms with Gasteiger partial charge in [-0.05, 0) is 43.0 Å². The van der Waals surface area contributed by atoms with Crippen molar-refractivity contribution in [1.82, 2.24) is 19.7 Å². The van der Waals surface area contributed by atoms with Gasteiger partial charge in [-0.25, -0.2) is 9.67 Å². The minimum atomic E-state index is -0.0157. The maximum absolute atomic E-state index is 11.7. The fourth-order valence-electron chi connectivity index (χ4n) is 3.85. The number of hydrogen-bond acceptors (Lipinski definition) is 3. The van der Waals surface area contributed by atoms with Crippen LogP contribution in [0.25, 0.3) is 17.1 Å². The van der Waals surface area contributed by atoms with Gasteiger partial charge in [0, 0.05) is 24.7 Å². The molecule has 2 aliphatic rings. The zero-order valence-electron chi connectivity index (χ0n) is 14.5. The first-order chi connectivity index (χ1) is 12.3. The van der Waals surface area contributed by atoms with Gasteiger partial charge in [0.05, 0.1) is 11.7 Å². The summed E-state index contributed by atoms with van der Waals surface area (Å²) in [7, 11) is 0. The molecule has 1 saturated heterocycles. The first kappa shape index (κ1) is 16.1. The van der Waals surface area contributed by atoms with Crippen LogP contribution in [0.2, 0.25) is 0 Å². The number of likely N-dealkylation sites (tertiary alicyclic amines) is 1. The highest BCUT2D eigenvalue weighted by Gasteiger charge is 2.32. The Morgan fingerprint density at radius 3 is 2.80 bits per heavy atom. The highest BCUT2D eigenvalue weighted by molar-refractivity contribution is 5.88. The molecule has 5 heteroatoms. The predicted molar refractivity (Wildman–Crippen MR) is 99.0 cm³/mol. The van der Waals surface area contributed by atoms with Gasteiger partial charge in [0.1, 0.15) is 0 Å². The van der Waals surface area contributed by atoms with Gasteiger partial charge in [0.2, 0.25) is 5.91 Å². The van der Waals surface area contributed by atoms with Gasteiger partial charge >= 0.3 is 0 Å². The van der Waals surface area contributed by atoms with E-state index in [1.165, 1.54) is 38.2 Å². The molecule has 0 N–H and O–H groups in total. The second kappa shape index (κ2) is 6.82. The van der Waals surface area contributed by atoms with Gasteiger partial charge < -0.3 is 4.90 Å². The van der Waals surface area contributed by atoms with E-state index in [1.807, 2.05) is 10.7 Å². The van der Waals surface area contributed by atoms with Crippen LogP contribution in [0.3, 0.4) is 0 Å². The smallest absolute Gasteiger partial charge is 0.246 e. The summed E-state index contributed by atoms with van der Waals surface area (Å²) in [5.74, 6) is 0.660. The number of carbonyl (C=O) groups is 1. The molecule has 1 saturated carbocycles. The van der Waals surface area contributed by atoms with Crippen molar-refractivity contribution in [3.63, 3.8) is 0 Å². The van der Waals surface area contributed by atoms with E-state index < -0.39 is 0 Å². The molecule has 2 aromatic heterocycles. The number of rotatable bonds is 4. The average molecular weight is 336 g/mol. The molecule has 0 unspecified atom stereocenters. The van der Waals surface area contributed by atoms with Crippen LogP contribution < -0.4 is 0 Å². The molecule has 0 atom stereocenters. The van der Waals surface area contributed by atoms with Gasteiger partial charge in [-0.3, -0.25) is 4.79 Å². The van der Waals surface area contributed by atoms with Crippen LogP contribution in [0.15, 0.2) is 37.1 Å². The molecule has 130 valence electrons. The van der Waals surface area contributed by atoms with Crippen LogP contribution in [0.5, 0.6) is 0 Å². The van der Waals surface area contributed by atoms with Gasteiger partial charge in [-0.15, -0.1) is 0 Å². The molecule has 4 rings (SSSR count). The van der Waals surface area contributed by atoms with Crippen molar-refractivity contribution in [3.8, 4) is 0 Å².